The molecule has 0 saturated carbocycles. The van der Waals surface area contributed by atoms with E-state index in [2.05, 4.69) is 10.3 Å². The van der Waals surface area contributed by atoms with Crippen molar-refractivity contribution in [2.45, 2.75) is 12.3 Å². The molecule has 2 unspecified atom stereocenters. The third kappa shape index (κ3) is 5.35. The van der Waals surface area contributed by atoms with Crippen LogP contribution in [0.4, 0.5) is 0 Å². The lowest BCUT2D eigenvalue weighted by molar-refractivity contribution is 0.0845. The quantitative estimate of drug-likeness (QED) is 0.407. The van der Waals surface area contributed by atoms with Gasteiger partial charge in [0, 0.05) is 11.1 Å². The molecule has 148 valence electrons. The first kappa shape index (κ1) is 20.9. The molecule has 5 nitrogen and oxygen atoms in total. The van der Waals surface area contributed by atoms with Gasteiger partial charge in [-0.3, -0.25) is 4.79 Å². The largest absolute Gasteiger partial charge is 0.383 e. The third-order valence-corrected chi connectivity index (χ3v) is 5.00. The van der Waals surface area contributed by atoms with Gasteiger partial charge in [0.25, 0.3) is 5.91 Å². The number of halogens is 2. The van der Waals surface area contributed by atoms with Gasteiger partial charge in [0.05, 0.1) is 10.0 Å². The maximum atomic E-state index is 12.7. The second-order valence-electron chi connectivity index (χ2n) is 6.28. The van der Waals surface area contributed by atoms with Crippen LogP contribution in [-0.2, 0) is 0 Å². The zero-order valence-electron chi connectivity index (χ0n) is 15.3. The molecule has 1 amide bonds. The van der Waals surface area contributed by atoms with E-state index < -0.39 is 12.3 Å². The maximum absolute atomic E-state index is 12.7. The predicted molar refractivity (Wildman–Crippen MR) is 116 cm³/mol. The molecule has 29 heavy (non-hydrogen) atoms. The van der Waals surface area contributed by atoms with Crippen LogP contribution in [0.15, 0.2) is 83.9 Å². The van der Waals surface area contributed by atoms with Crippen LogP contribution in [0.3, 0.4) is 0 Å². The smallest absolute Gasteiger partial charge is 0.251 e. The number of carbonyl (C=O) groups excluding carboxylic acids is 1. The maximum Gasteiger partial charge on any atom is 0.251 e. The first-order valence-electron chi connectivity index (χ1n) is 8.83. The minimum absolute atomic E-state index is 0.150. The second kappa shape index (κ2) is 9.56. The zero-order chi connectivity index (χ0) is 20.8. The van der Waals surface area contributed by atoms with Gasteiger partial charge in [-0.1, -0.05) is 77.8 Å². The number of amidine groups is 1. The van der Waals surface area contributed by atoms with Crippen molar-refractivity contribution < 1.29 is 9.90 Å². The Hall–Kier alpha value is -2.86. The lowest BCUT2D eigenvalue weighted by Crippen LogP contribution is -2.36. The minimum Gasteiger partial charge on any atom is -0.383 e. The topological polar surface area (TPSA) is 87.7 Å². The van der Waals surface area contributed by atoms with Crippen LogP contribution in [0, 0.1) is 0 Å². The Kier molecular flexibility index (Phi) is 6.88. The summed E-state index contributed by atoms with van der Waals surface area (Å²) in [5.41, 5.74) is 7.69. The van der Waals surface area contributed by atoms with Crippen molar-refractivity contribution in [2.24, 2.45) is 10.7 Å². The number of carbonyl (C=O) groups is 1. The Balaban J connectivity index is 1.93. The highest BCUT2D eigenvalue weighted by Gasteiger charge is 2.24. The van der Waals surface area contributed by atoms with Crippen molar-refractivity contribution >= 4 is 34.9 Å². The highest BCUT2D eigenvalue weighted by atomic mass is 35.5. The van der Waals surface area contributed by atoms with Crippen LogP contribution in [-0.4, -0.2) is 23.1 Å². The van der Waals surface area contributed by atoms with E-state index in [0.29, 0.717) is 26.7 Å². The fourth-order valence-corrected chi connectivity index (χ4v) is 3.06. The molecule has 0 aliphatic heterocycles. The lowest BCUT2D eigenvalue weighted by Gasteiger charge is -2.23. The fourth-order valence-electron chi connectivity index (χ4n) is 2.75. The highest BCUT2D eigenvalue weighted by molar-refractivity contribution is 6.42. The van der Waals surface area contributed by atoms with E-state index in [-0.39, 0.29) is 11.7 Å². The molecule has 3 rings (SSSR count). The minimum atomic E-state index is -1.35. The molecule has 2 atom stereocenters. The van der Waals surface area contributed by atoms with E-state index in [1.807, 2.05) is 24.3 Å². The summed E-state index contributed by atoms with van der Waals surface area (Å²) in [5.74, 6) is -0.216. The van der Waals surface area contributed by atoms with Crippen molar-refractivity contribution in [2.75, 3.05) is 0 Å². The average Bonchev–Trinajstić information content (AvgIpc) is 2.75. The van der Waals surface area contributed by atoms with Crippen LogP contribution >= 0.6 is 23.2 Å². The fraction of sp³-hybridized carbons (Fsp3) is 0.0909. The van der Waals surface area contributed by atoms with Gasteiger partial charge in [0.1, 0.15) is 11.9 Å². The number of nitrogens with two attached hydrogens (primary N) is 1. The predicted octanol–water partition coefficient (Wildman–Crippen LogP) is 4.19. The van der Waals surface area contributed by atoms with Gasteiger partial charge in [-0.15, -0.1) is 0 Å². The Morgan fingerprint density at radius 2 is 1.48 bits per heavy atom. The summed E-state index contributed by atoms with van der Waals surface area (Å²) >= 11 is 12.1. The summed E-state index contributed by atoms with van der Waals surface area (Å²) in [6.45, 7) is 0. The molecule has 4 N–H and O–H groups in total. The number of rotatable bonds is 6. The average molecular weight is 428 g/mol. The first-order valence-corrected chi connectivity index (χ1v) is 9.59. The summed E-state index contributed by atoms with van der Waals surface area (Å²) in [7, 11) is 0. The Morgan fingerprint density at radius 3 is 2.07 bits per heavy atom. The number of amides is 1. The van der Waals surface area contributed by atoms with Crippen molar-refractivity contribution in [3.63, 3.8) is 0 Å². The molecule has 0 aromatic heterocycles. The number of nitrogens with one attached hydrogen (secondary N) is 1. The number of aliphatic imine (C=N–C) groups is 1. The molecule has 0 aliphatic rings. The number of nitrogens with zero attached hydrogens (tertiary/aromatic N) is 1. The molecule has 0 saturated heterocycles. The van der Waals surface area contributed by atoms with E-state index in [9.17, 15) is 9.90 Å². The van der Waals surface area contributed by atoms with Crippen LogP contribution < -0.4 is 11.1 Å². The van der Waals surface area contributed by atoms with E-state index in [1.54, 1.807) is 54.6 Å². The molecule has 0 heterocycles. The summed E-state index contributed by atoms with van der Waals surface area (Å²) < 4.78 is 0. The highest BCUT2D eigenvalue weighted by Crippen LogP contribution is 2.28. The molecule has 3 aromatic rings. The lowest BCUT2D eigenvalue weighted by atomic mass is 10.0. The summed E-state index contributed by atoms with van der Waals surface area (Å²) in [4.78, 5) is 16.9. The van der Waals surface area contributed by atoms with Crippen molar-refractivity contribution in [3.8, 4) is 0 Å². The Labute approximate surface area is 178 Å². The number of aliphatic hydroxyl groups is 1. The van der Waals surface area contributed by atoms with Crippen molar-refractivity contribution in [3.05, 3.63) is 106 Å². The number of hydrogen-bond acceptors (Lipinski definition) is 3. The van der Waals surface area contributed by atoms with Crippen LogP contribution in [0.25, 0.3) is 0 Å². The van der Waals surface area contributed by atoms with Crippen LogP contribution in [0.2, 0.25) is 10.0 Å². The summed E-state index contributed by atoms with van der Waals surface area (Å²) in [6, 6.07) is 21.7. The molecule has 3 aromatic carbocycles. The van der Waals surface area contributed by atoms with Gasteiger partial charge < -0.3 is 16.2 Å². The monoisotopic (exact) mass is 427 g/mol. The third-order valence-electron chi connectivity index (χ3n) is 4.26. The van der Waals surface area contributed by atoms with Gasteiger partial charge in [0.2, 0.25) is 0 Å². The van der Waals surface area contributed by atoms with E-state index in [1.165, 1.54) is 0 Å². The summed E-state index contributed by atoms with van der Waals surface area (Å²) in [5, 5.41) is 14.3. The molecular formula is C22H19Cl2N3O2. The van der Waals surface area contributed by atoms with E-state index in [0.717, 1.165) is 0 Å². The molecule has 0 bridgehead atoms. The molecule has 0 fully saturated rings. The van der Waals surface area contributed by atoms with Crippen LogP contribution in [0.5, 0.6) is 0 Å². The Morgan fingerprint density at radius 1 is 0.897 bits per heavy atom. The second-order valence-corrected chi connectivity index (χ2v) is 7.10. The van der Waals surface area contributed by atoms with Gasteiger partial charge in [0.15, 0.2) is 6.23 Å². The normalized spacial score (nSPS) is 13.6. The number of hydrogen-bond donors (Lipinski definition) is 3. The van der Waals surface area contributed by atoms with Crippen molar-refractivity contribution in [1.29, 1.82) is 0 Å². The van der Waals surface area contributed by atoms with Gasteiger partial charge in [-0.05, 0) is 29.8 Å². The molecule has 0 spiro atoms. The SMILES string of the molecule is N/C(=N\C(O)C(NC(=O)c1ccccc1)c1ccc(Cl)c(Cl)c1)c1ccccc1. The molecule has 7 heteroatoms. The Bertz CT molecular complexity index is 1010. The number of benzene rings is 3. The van der Waals surface area contributed by atoms with Gasteiger partial charge in [-0.25, -0.2) is 4.99 Å². The standard InChI is InChI=1S/C22H19Cl2N3O2/c23-17-12-11-16(13-18(17)24)19(26-21(28)15-9-5-2-6-10-15)22(29)27-20(25)14-7-3-1-4-8-14/h1-13,19,22,29H,(H2,25,27)(H,26,28). The molecule has 0 radical (unpaired) electrons. The zero-order valence-corrected chi connectivity index (χ0v) is 16.8. The van der Waals surface area contributed by atoms with Crippen LogP contribution in [0.1, 0.15) is 27.5 Å². The van der Waals surface area contributed by atoms with Gasteiger partial charge in [-0.2, -0.15) is 0 Å². The number of aliphatic hydroxyl groups excluding tert-OH is 1. The molecular weight excluding hydrogens is 409 g/mol. The molecule has 0 aliphatic carbocycles. The first-order chi connectivity index (χ1) is 14.0. The summed E-state index contributed by atoms with van der Waals surface area (Å²) in [6.07, 6.45) is -1.35. The van der Waals surface area contributed by atoms with Crippen molar-refractivity contribution in [1.82, 2.24) is 5.32 Å². The van der Waals surface area contributed by atoms with Gasteiger partial charge >= 0.3 is 0 Å². The van der Waals surface area contributed by atoms with E-state index in [4.69, 9.17) is 28.9 Å². The van der Waals surface area contributed by atoms with E-state index >= 15 is 0 Å².